The number of rotatable bonds is 2. The molecule has 0 saturated carbocycles. The third kappa shape index (κ3) is 1.57. The van der Waals surface area contributed by atoms with Crippen LogP contribution in [-0.2, 0) is 13.7 Å². The molecule has 4 heteroatoms. The Kier molecular flexibility index (Phi) is 2.66. The van der Waals surface area contributed by atoms with Crippen molar-refractivity contribution in [2.24, 2.45) is 7.05 Å². The van der Waals surface area contributed by atoms with Crippen molar-refractivity contribution in [3.8, 4) is 5.75 Å². The molecule has 2 aromatic rings. The van der Waals surface area contributed by atoms with Crippen LogP contribution in [0.15, 0.2) is 29.1 Å². The van der Waals surface area contributed by atoms with Crippen molar-refractivity contribution in [3.05, 3.63) is 40.2 Å². The molecular formula is C12H13NO3. The molecule has 0 aliphatic heterocycles. The molecule has 0 amide bonds. The molecule has 1 heterocycles. The fourth-order valence-electron chi connectivity index (χ4n) is 1.75. The van der Waals surface area contributed by atoms with Crippen LogP contribution in [0.5, 0.6) is 5.75 Å². The molecule has 0 fully saturated rings. The molecule has 1 aromatic carbocycles. The van der Waals surface area contributed by atoms with Gasteiger partial charge in [0, 0.05) is 18.7 Å². The average molecular weight is 219 g/mol. The second-order valence-corrected chi connectivity index (χ2v) is 3.62. The first-order valence-electron chi connectivity index (χ1n) is 4.95. The third-order valence-corrected chi connectivity index (χ3v) is 2.68. The maximum atomic E-state index is 11.8. The minimum Gasteiger partial charge on any atom is -0.497 e. The van der Waals surface area contributed by atoms with Gasteiger partial charge in [-0.15, -0.1) is 0 Å². The molecule has 0 unspecified atom stereocenters. The number of methoxy groups -OCH3 is 1. The quantitative estimate of drug-likeness (QED) is 0.821. The van der Waals surface area contributed by atoms with E-state index in [0.717, 1.165) is 10.9 Å². The summed E-state index contributed by atoms with van der Waals surface area (Å²) in [6, 6.07) is 7.20. The van der Waals surface area contributed by atoms with Crippen LogP contribution in [0, 0.1) is 0 Å². The Morgan fingerprint density at radius 3 is 2.75 bits per heavy atom. The van der Waals surface area contributed by atoms with E-state index in [-0.39, 0.29) is 12.2 Å². The van der Waals surface area contributed by atoms with Gasteiger partial charge in [0.25, 0.3) is 5.56 Å². The molecule has 0 aliphatic carbocycles. The topological polar surface area (TPSA) is 51.5 Å². The first kappa shape index (κ1) is 10.7. The van der Waals surface area contributed by atoms with Crippen molar-refractivity contribution in [3.63, 3.8) is 0 Å². The Morgan fingerprint density at radius 1 is 1.38 bits per heavy atom. The van der Waals surface area contributed by atoms with Crippen molar-refractivity contribution in [1.82, 2.24) is 4.57 Å². The molecule has 0 bridgehead atoms. The summed E-state index contributed by atoms with van der Waals surface area (Å²) in [6.07, 6.45) is 0. The van der Waals surface area contributed by atoms with Crippen LogP contribution in [0.25, 0.3) is 10.9 Å². The van der Waals surface area contributed by atoms with Gasteiger partial charge in [0.15, 0.2) is 0 Å². The number of hydrogen-bond acceptors (Lipinski definition) is 3. The molecule has 84 valence electrons. The standard InChI is InChI=1S/C12H13NO3/c1-13-11-6-10(16-2)4-3-8(11)5-9(7-14)12(13)15/h3-6,14H,7H2,1-2H3. The van der Waals surface area contributed by atoms with Gasteiger partial charge in [-0.1, -0.05) is 0 Å². The number of aliphatic hydroxyl groups is 1. The van der Waals surface area contributed by atoms with E-state index >= 15 is 0 Å². The van der Waals surface area contributed by atoms with E-state index in [1.165, 1.54) is 4.57 Å². The van der Waals surface area contributed by atoms with Crippen LogP contribution in [0.3, 0.4) is 0 Å². The van der Waals surface area contributed by atoms with Gasteiger partial charge in [-0.05, 0) is 23.6 Å². The summed E-state index contributed by atoms with van der Waals surface area (Å²) >= 11 is 0. The molecule has 0 saturated heterocycles. The van der Waals surface area contributed by atoms with Crippen LogP contribution < -0.4 is 10.3 Å². The molecule has 1 aromatic heterocycles. The minimum atomic E-state index is -0.241. The van der Waals surface area contributed by atoms with Gasteiger partial charge in [0.2, 0.25) is 0 Å². The van der Waals surface area contributed by atoms with Crippen LogP contribution >= 0.6 is 0 Å². The Morgan fingerprint density at radius 2 is 2.12 bits per heavy atom. The fraction of sp³-hybridized carbons (Fsp3) is 0.250. The highest BCUT2D eigenvalue weighted by molar-refractivity contribution is 5.81. The van der Waals surface area contributed by atoms with Crippen LogP contribution in [0.4, 0.5) is 0 Å². The molecule has 0 atom stereocenters. The largest absolute Gasteiger partial charge is 0.497 e. The fourth-order valence-corrected chi connectivity index (χ4v) is 1.75. The van der Waals surface area contributed by atoms with E-state index in [4.69, 9.17) is 9.84 Å². The summed E-state index contributed by atoms with van der Waals surface area (Å²) in [5, 5.41) is 9.97. The van der Waals surface area contributed by atoms with Crippen molar-refractivity contribution >= 4 is 10.9 Å². The summed E-state index contributed by atoms with van der Waals surface area (Å²) < 4.78 is 6.63. The van der Waals surface area contributed by atoms with E-state index in [9.17, 15) is 4.79 Å². The van der Waals surface area contributed by atoms with Crippen LogP contribution in [0.1, 0.15) is 5.56 Å². The first-order valence-corrected chi connectivity index (χ1v) is 4.95. The number of aryl methyl sites for hydroxylation is 1. The van der Waals surface area contributed by atoms with Gasteiger partial charge >= 0.3 is 0 Å². The summed E-state index contributed by atoms with van der Waals surface area (Å²) in [5.41, 5.74) is 1.02. The number of aliphatic hydroxyl groups excluding tert-OH is 1. The molecule has 4 nitrogen and oxygen atoms in total. The first-order chi connectivity index (χ1) is 7.67. The van der Waals surface area contributed by atoms with E-state index < -0.39 is 0 Å². The predicted octanol–water partition coefficient (Wildman–Crippen LogP) is 1.04. The zero-order valence-corrected chi connectivity index (χ0v) is 9.23. The lowest BCUT2D eigenvalue weighted by atomic mass is 10.1. The van der Waals surface area contributed by atoms with Crippen molar-refractivity contribution in [2.75, 3.05) is 7.11 Å². The molecule has 2 rings (SSSR count). The third-order valence-electron chi connectivity index (χ3n) is 2.68. The molecule has 16 heavy (non-hydrogen) atoms. The van der Waals surface area contributed by atoms with Gasteiger partial charge in [0.1, 0.15) is 5.75 Å². The van der Waals surface area contributed by atoms with E-state index in [1.807, 2.05) is 12.1 Å². The van der Waals surface area contributed by atoms with Gasteiger partial charge in [-0.3, -0.25) is 4.79 Å². The monoisotopic (exact) mass is 219 g/mol. The zero-order chi connectivity index (χ0) is 11.7. The highest BCUT2D eigenvalue weighted by atomic mass is 16.5. The number of hydrogen-bond donors (Lipinski definition) is 1. The van der Waals surface area contributed by atoms with Crippen LogP contribution in [0.2, 0.25) is 0 Å². The minimum absolute atomic E-state index is 0.178. The predicted molar refractivity (Wildman–Crippen MR) is 61.7 cm³/mol. The lowest BCUT2D eigenvalue weighted by Crippen LogP contribution is -2.21. The summed E-state index contributed by atoms with van der Waals surface area (Å²) in [5.74, 6) is 0.708. The molecular weight excluding hydrogens is 206 g/mol. The zero-order valence-electron chi connectivity index (χ0n) is 9.23. The lowest BCUT2D eigenvalue weighted by molar-refractivity contribution is 0.279. The second kappa shape index (κ2) is 3.98. The maximum Gasteiger partial charge on any atom is 0.256 e. The second-order valence-electron chi connectivity index (χ2n) is 3.62. The van der Waals surface area contributed by atoms with Gasteiger partial charge in [0.05, 0.1) is 19.2 Å². The Labute approximate surface area is 92.7 Å². The van der Waals surface area contributed by atoms with Crippen molar-refractivity contribution in [2.45, 2.75) is 6.61 Å². The molecule has 1 N–H and O–H groups in total. The number of fused-ring (bicyclic) bond motifs is 1. The lowest BCUT2D eigenvalue weighted by Gasteiger charge is -2.08. The van der Waals surface area contributed by atoms with E-state index in [2.05, 4.69) is 0 Å². The Bertz CT molecular complexity index is 587. The Hall–Kier alpha value is -1.81. The van der Waals surface area contributed by atoms with E-state index in [1.54, 1.807) is 26.3 Å². The highest BCUT2D eigenvalue weighted by Gasteiger charge is 2.06. The summed E-state index contributed by atoms with van der Waals surface area (Å²) in [6.45, 7) is -0.241. The number of aromatic nitrogens is 1. The SMILES string of the molecule is COc1ccc2cc(CO)c(=O)n(C)c2c1. The van der Waals surface area contributed by atoms with Crippen molar-refractivity contribution < 1.29 is 9.84 Å². The maximum absolute atomic E-state index is 11.8. The number of nitrogens with zero attached hydrogens (tertiary/aromatic N) is 1. The summed E-state index contributed by atoms with van der Waals surface area (Å²) in [7, 11) is 3.27. The van der Waals surface area contributed by atoms with Gasteiger partial charge < -0.3 is 14.4 Å². The highest BCUT2D eigenvalue weighted by Crippen LogP contribution is 2.19. The number of benzene rings is 1. The summed E-state index contributed by atoms with van der Waals surface area (Å²) in [4.78, 5) is 11.8. The average Bonchev–Trinajstić information content (AvgIpc) is 2.33. The number of pyridine rings is 1. The molecule has 0 spiro atoms. The normalized spacial score (nSPS) is 10.7. The van der Waals surface area contributed by atoms with Gasteiger partial charge in [-0.2, -0.15) is 0 Å². The Balaban J connectivity index is 2.82. The van der Waals surface area contributed by atoms with Gasteiger partial charge in [-0.25, -0.2) is 0 Å². The smallest absolute Gasteiger partial charge is 0.256 e. The number of ether oxygens (including phenoxy) is 1. The molecule has 0 aliphatic rings. The van der Waals surface area contributed by atoms with Crippen molar-refractivity contribution in [1.29, 1.82) is 0 Å². The molecule has 0 radical (unpaired) electrons. The van der Waals surface area contributed by atoms with Crippen LogP contribution in [-0.4, -0.2) is 16.8 Å². The van der Waals surface area contributed by atoms with E-state index in [0.29, 0.717) is 11.3 Å².